The summed E-state index contributed by atoms with van der Waals surface area (Å²) >= 11 is 0. The number of guanidine groups is 2. The normalized spacial score (nSPS) is 11.4. The van der Waals surface area contributed by atoms with Crippen LogP contribution in [0.4, 0.5) is 5.69 Å². The fourth-order valence-corrected chi connectivity index (χ4v) is 0.910. The first kappa shape index (κ1) is 10.0. The first-order valence-electron chi connectivity index (χ1n) is 3.87. The molecule has 0 aliphatic carbocycles. The molecule has 1 aromatic rings. The first-order chi connectivity index (χ1) is 6.50. The number of aryl methyl sites for hydroxylation is 2. The molecule has 1 heterocycles. The predicted molar refractivity (Wildman–Crippen MR) is 53.1 cm³/mol. The van der Waals surface area contributed by atoms with Crippen molar-refractivity contribution in [1.82, 2.24) is 5.16 Å². The van der Waals surface area contributed by atoms with E-state index in [1.54, 1.807) is 13.8 Å². The highest BCUT2D eigenvalue weighted by atomic mass is 16.5. The molecule has 0 aliphatic rings. The molecule has 7 nitrogen and oxygen atoms in total. The lowest BCUT2D eigenvalue weighted by Crippen LogP contribution is -2.26. The van der Waals surface area contributed by atoms with E-state index in [1.807, 2.05) is 0 Å². The minimum absolute atomic E-state index is 0.0283. The molecule has 0 aliphatic heterocycles. The van der Waals surface area contributed by atoms with E-state index in [-0.39, 0.29) is 11.9 Å². The standard InChI is InChI=1S/C7H12N6O/c1-3-5(4(2)14-13-3)11-7(10)12-6(8)9/h1-2H3,(H6,8,9,10,11,12). The van der Waals surface area contributed by atoms with Crippen LogP contribution >= 0.6 is 0 Å². The Hall–Kier alpha value is -2.05. The zero-order chi connectivity index (χ0) is 10.7. The molecule has 76 valence electrons. The van der Waals surface area contributed by atoms with Crippen molar-refractivity contribution in [1.29, 1.82) is 0 Å². The van der Waals surface area contributed by atoms with Gasteiger partial charge in [-0.25, -0.2) is 4.99 Å². The van der Waals surface area contributed by atoms with Gasteiger partial charge in [0.15, 0.2) is 11.7 Å². The Morgan fingerprint density at radius 2 is 1.93 bits per heavy atom. The van der Waals surface area contributed by atoms with E-state index < -0.39 is 0 Å². The first-order valence-corrected chi connectivity index (χ1v) is 3.87. The maximum atomic E-state index is 5.44. The molecule has 1 rings (SSSR count). The second-order valence-electron chi connectivity index (χ2n) is 2.68. The average molecular weight is 196 g/mol. The number of rotatable bonds is 1. The van der Waals surface area contributed by atoms with Crippen LogP contribution in [-0.4, -0.2) is 17.1 Å². The van der Waals surface area contributed by atoms with E-state index in [9.17, 15) is 0 Å². The molecule has 0 saturated carbocycles. The number of nitrogens with two attached hydrogens (primary N) is 3. The van der Waals surface area contributed by atoms with Crippen LogP contribution in [0, 0.1) is 13.8 Å². The van der Waals surface area contributed by atoms with Crippen LogP contribution in [0.1, 0.15) is 11.5 Å². The molecule has 0 amide bonds. The van der Waals surface area contributed by atoms with Crippen LogP contribution in [-0.2, 0) is 0 Å². The third kappa shape index (κ3) is 2.22. The van der Waals surface area contributed by atoms with Crippen molar-refractivity contribution in [2.45, 2.75) is 13.8 Å². The van der Waals surface area contributed by atoms with Gasteiger partial charge in [0.25, 0.3) is 0 Å². The second kappa shape index (κ2) is 3.77. The fourth-order valence-electron chi connectivity index (χ4n) is 0.910. The Morgan fingerprint density at radius 3 is 2.36 bits per heavy atom. The Balaban J connectivity index is 3.03. The Labute approximate surface area is 80.7 Å². The maximum Gasteiger partial charge on any atom is 0.223 e. The van der Waals surface area contributed by atoms with Crippen LogP contribution in [0.25, 0.3) is 0 Å². The summed E-state index contributed by atoms with van der Waals surface area (Å²) in [5.41, 5.74) is 16.9. The lowest BCUT2D eigenvalue weighted by Gasteiger charge is -1.93. The van der Waals surface area contributed by atoms with Crippen molar-refractivity contribution in [2.24, 2.45) is 27.2 Å². The van der Waals surface area contributed by atoms with E-state index in [0.29, 0.717) is 17.1 Å². The summed E-state index contributed by atoms with van der Waals surface area (Å²) in [4.78, 5) is 7.51. The van der Waals surface area contributed by atoms with E-state index in [0.717, 1.165) is 0 Å². The molecule has 0 aromatic carbocycles. The van der Waals surface area contributed by atoms with Crippen molar-refractivity contribution in [3.05, 3.63) is 11.5 Å². The minimum Gasteiger partial charge on any atom is -0.370 e. The molecule has 0 bridgehead atoms. The van der Waals surface area contributed by atoms with E-state index in [1.165, 1.54) is 0 Å². The summed E-state index contributed by atoms with van der Waals surface area (Å²) in [6.07, 6.45) is 0. The van der Waals surface area contributed by atoms with Crippen molar-refractivity contribution < 1.29 is 4.52 Å². The zero-order valence-corrected chi connectivity index (χ0v) is 7.98. The van der Waals surface area contributed by atoms with Crippen molar-refractivity contribution in [2.75, 3.05) is 0 Å². The summed E-state index contributed by atoms with van der Waals surface area (Å²) in [5.74, 6) is 0.397. The Morgan fingerprint density at radius 1 is 1.29 bits per heavy atom. The van der Waals surface area contributed by atoms with Crippen molar-refractivity contribution in [3.63, 3.8) is 0 Å². The molecule has 0 spiro atoms. The molecule has 7 heteroatoms. The summed E-state index contributed by atoms with van der Waals surface area (Å²) in [6, 6.07) is 0. The van der Waals surface area contributed by atoms with Gasteiger partial charge in [-0.3, -0.25) is 0 Å². The monoisotopic (exact) mass is 196 g/mol. The molecule has 0 radical (unpaired) electrons. The smallest absolute Gasteiger partial charge is 0.223 e. The van der Waals surface area contributed by atoms with Gasteiger partial charge in [0, 0.05) is 0 Å². The van der Waals surface area contributed by atoms with Crippen molar-refractivity contribution in [3.8, 4) is 0 Å². The second-order valence-corrected chi connectivity index (χ2v) is 2.68. The van der Waals surface area contributed by atoms with Gasteiger partial charge >= 0.3 is 0 Å². The van der Waals surface area contributed by atoms with Crippen LogP contribution in [0.3, 0.4) is 0 Å². The third-order valence-corrected chi connectivity index (χ3v) is 1.47. The molecular formula is C7H12N6O. The van der Waals surface area contributed by atoms with Gasteiger partial charge < -0.3 is 21.7 Å². The fraction of sp³-hybridized carbons (Fsp3) is 0.286. The lowest BCUT2D eigenvalue weighted by atomic mass is 10.3. The summed E-state index contributed by atoms with van der Waals surface area (Å²) in [5, 5.41) is 3.70. The molecule has 1 aromatic heterocycles. The lowest BCUT2D eigenvalue weighted by molar-refractivity contribution is 0.393. The largest absolute Gasteiger partial charge is 0.370 e. The average Bonchev–Trinajstić information content (AvgIpc) is 2.34. The molecule has 6 N–H and O–H groups in total. The highest BCUT2D eigenvalue weighted by molar-refractivity contribution is 5.93. The highest BCUT2D eigenvalue weighted by Gasteiger charge is 2.07. The molecular weight excluding hydrogens is 184 g/mol. The van der Waals surface area contributed by atoms with Crippen molar-refractivity contribution >= 4 is 17.6 Å². The maximum absolute atomic E-state index is 5.44. The van der Waals surface area contributed by atoms with Gasteiger partial charge in [-0.1, -0.05) is 5.16 Å². The van der Waals surface area contributed by atoms with Crippen LogP contribution in [0.5, 0.6) is 0 Å². The van der Waals surface area contributed by atoms with Gasteiger partial charge in [-0.2, -0.15) is 4.99 Å². The number of hydrogen-bond acceptors (Lipinski definition) is 3. The van der Waals surface area contributed by atoms with Gasteiger partial charge in [-0.05, 0) is 13.8 Å². The van der Waals surface area contributed by atoms with Crippen LogP contribution < -0.4 is 17.2 Å². The third-order valence-electron chi connectivity index (χ3n) is 1.47. The summed E-state index contributed by atoms with van der Waals surface area (Å²) in [7, 11) is 0. The van der Waals surface area contributed by atoms with Gasteiger partial charge in [0.05, 0.1) is 0 Å². The zero-order valence-electron chi connectivity index (χ0n) is 7.98. The Bertz CT molecular complexity index is 367. The van der Waals surface area contributed by atoms with Gasteiger partial charge in [-0.15, -0.1) is 0 Å². The van der Waals surface area contributed by atoms with E-state index in [4.69, 9.17) is 21.7 Å². The van der Waals surface area contributed by atoms with Crippen LogP contribution in [0.15, 0.2) is 14.5 Å². The Kier molecular flexibility index (Phi) is 2.70. The topological polar surface area (TPSA) is 129 Å². The summed E-state index contributed by atoms with van der Waals surface area (Å²) < 4.78 is 4.88. The predicted octanol–water partition coefficient (Wildman–Crippen LogP) is -0.489. The number of hydrogen-bond donors (Lipinski definition) is 3. The molecule has 0 saturated heterocycles. The molecule has 0 unspecified atom stereocenters. The van der Waals surface area contributed by atoms with E-state index >= 15 is 0 Å². The van der Waals surface area contributed by atoms with Gasteiger partial charge in [0.2, 0.25) is 5.96 Å². The molecule has 0 atom stereocenters. The SMILES string of the molecule is Cc1noc(C)c1N=C(N)N=C(N)N. The minimum atomic E-state index is -0.141. The number of aromatic nitrogens is 1. The quantitative estimate of drug-likeness (QED) is 0.412. The van der Waals surface area contributed by atoms with Crippen LogP contribution in [0.2, 0.25) is 0 Å². The van der Waals surface area contributed by atoms with E-state index in [2.05, 4.69) is 15.1 Å². The highest BCUT2D eigenvalue weighted by Crippen LogP contribution is 2.21. The van der Waals surface area contributed by atoms with Gasteiger partial charge in [0.1, 0.15) is 11.4 Å². The number of nitrogens with zero attached hydrogens (tertiary/aromatic N) is 3. The summed E-state index contributed by atoms with van der Waals surface area (Å²) in [6.45, 7) is 3.47. The molecule has 14 heavy (non-hydrogen) atoms. The number of aliphatic imine (C=N–C) groups is 2. The molecule has 0 fully saturated rings.